The van der Waals surface area contributed by atoms with Crippen molar-refractivity contribution in [1.82, 2.24) is 4.90 Å². The van der Waals surface area contributed by atoms with Gasteiger partial charge in [-0.2, -0.15) is 5.26 Å². The summed E-state index contributed by atoms with van der Waals surface area (Å²) in [6, 6.07) is 7.52. The Morgan fingerprint density at radius 1 is 1.50 bits per heavy atom. The van der Waals surface area contributed by atoms with Crippen LogP contribution in [0.5, 0.6) is 0 Å². The predicted octanol–water partition coefficient (Wildman–Crippen LogP) is 2.42. The van der Waals surface area contributed by atoms with Crippen LogP contribution in [0.25, 0.3) is 0 Å². The first-order valence-corrected chi connectivity index (χ1v) is 6.62. The standard InChI is InChI=1S/C14H17ClN2O/c15-14-6-11(7-16)3-4-13(14)9-17-5-1-2-12(8-17)10-18/h3-4,6,12,18H,1-2,5,8-10H2. The third-order valence-electron chi connectivity index (χ3n) is 3.44. The summed E-state index contributed by atoms with van der Waals surface area (Å²) >= 11 is 6.17. The summed E-state index contributed by atoms with van der Waals surface area (Å²) in [5.41, 5.74) is 1.64. The maximum atomic E-state index is 9.21. The van der Waals surface area contributed by atoms with E-state index in [2.05, 4.69) is 11.0 Å². The molecule has 96 valence electrons. The van der Waals surface area contributed by atoms with Gasteiger partial charge >= 0.3 is 0 Å². The first-order valence-electron chi connectivity index (χ1n) is 6.24. The summed E-state index contributed by atoms with van der Waals surface area (Å²) in [7, 11) is 0. The predicted molar refractivity (Wildman–Crippen MR) is 71.3 cm³/mol. The van der Waals surface area contributed by atoms with Crippen molar-refractivity contribution in [2.45, 2.75) is 19.4 Å². The molecule has 1 saturated heterocycles. The first-order chi connectivity index (χ1) is 8.72. The molecule has 1 aliphatic rings. The van der Waals surface area contributed by atoms with Crippen molar-refractivity contribution in [3.8, 4) is 6.07 Å². The summed E-state index contributed by atoms with van der Waals surface area (Å²) in [6.45, 7) is 3.03. The maximum absolute atomic E-state index is 9.21. The zero-order valence-corrected chi connectivity index (χ0v) is 11.0. The summed E-state index contributed by atoms with van der Waals surface area (Å²) in [5, 5.41) is 18.7. The van der Waals surface area contributed by atoms with Gasteiger partial charge in [0.2, 0.25) is 0 Å². The molecular weight excluding hydrogens is 248 g/mol. The van der Waals surface area contributed by atoms with E-state index in [9.17, 15) is 5.11 Å². The van der Waals surface area contributed by atoms with Crippen LogP contribution in [-0.4, -0.2) is 29.7 Å². The molecule has 0 saturated carbocycles. The zero-order valence-electron chi connectivity index (χ0n) is 10.3. The fraction of sp³-hybridized carbons (Fsp3) is 0.500. The molecule has 1 heterocycles. The number of nitriles is 1. The molecule has 0 bridgehead atoms. The van der Waals surface area contributed by atoms with Crippen molar-refractivity contribution in [2.24, 2.45) is 5.92 Å². The van der Waals surface area contributed by atoms with Crippen LogP contribution < -0.4 is 0 Å². The van der Waals surface area contributed by atoms with E-state index in [4.69, 9.17) is 16.9 Å². The van der Waals surface area contributed by atoms with E-state index in [-0.39, 0.29) is 6.61 Å². The Morgan fingerprint density at radius 2 is 2.33 bits per heavy atom. The summed E-state index contributed by atoms with van der Waals surface area (Å²) in [5.74, 6) is 0.385. The lowest BCUT2D eigenvalue weighted by atomic mass is 9.98. The Hall–Kier alpha value is -1.08. The Bertz CT molecular complexity index is 456. The number of rotatable bonds is 3. The van der Waals surface area contributed by atoms with Crippen molar-refractivity contribution in [3.63, 3.8) is 0 Å². The minimum absolute atomic E-state index is 0.262. The number of aliphatic hydroxyl groups is 1. The van der Waals surface area contributed by atoms with Crippen molar-refractivity contribution in [3.05, 3.63) is 34.3 Å². The van der Waals surface area contributed by atoms with Gasteiger partial charge in [0.05, 0.1) is 11.6 Å². The number of halogens is 1. The molecule has 0 radical (unpaired) electrons. The summed E-state index contributed by atoms with van der Waals surface area (Å²) in [4.78, 5) is 2.32. The lowest BCUT2D eigenvalue weighted by molar-refractivity contribution is 0.116. The largest absolute Gasteiger partial charge is 0.396 e. The fourth-order valence-electron chi connectivity index (χ4n) is 2.43. The molecule has 0 aliphatic carbocycles. The molecule has 0 aromatic heterocycles. The van der Waals surface area contributed by atoms with E-state index in [1.807, 2.05) is 6.07 Å². The number of likely N-dealkylation sites (tertiary alicyclic amines) is 1. The average molecular weight is 265 g/mol. The van der Waals surface area contributed by atoms with E-state index in [0.29, 0.717) is 16.5 Å². The molecule has 1 fully saturated rings. The molecular formula is C14H17ClN2O. The van der Waals surface area contributed by atoms with Crippen LogP contribution in [0.1, 0.15) is 24.0 Å². The quantitative estimate of drug-likeness (QED) is 0.912. The maximum Gasteiger partial charge on any atom is 0.0992 e. The second kappa shape index (κ2) is 6.19. The second-order valence-electron chi connectivity index (χ2n) is 4.84. The van der Waals surface area contributed by atoms with Crippen molar-refractivity contribution in [2.75, 3.05) is 19.7 Å². The molecule has 1 atom stereocenters. The van der Waals surface area contributed by atoms with Crippen LogP contribution >= 0.6 is 11.6 Å². The lowest BCUT2D eigenvalue weighted by Gasteiger charge is -2.31. The van der Waals surface area contributed by atoms with Crippen molar-refractivity contribution in [1.29, 1.82) is 5.26 Å². The molecule has 3 nitrogen and oxygen atoms in total. The minimum Gasteiger partial charge on any atom is -0.396 e. The van der Waals surface area contributed by atoms with Crippen LogP contribution in [0.15, 0.2) is 18.2 Å². The highest BCUT2D eigenvalue weighted by molar-refractivity contribution is 6.31. The molecule has 1 unspecified atom stereocenters. The second-order valence-corrected chi connectivity index (χ2v) is 5.25. The monoisotopic (exact) mass is 264 g/mol. The van der Waals surface area contributed by atoms with E-state index in [0.717, 1.165) is 38.0 Å². The van der Waals surface area contributed by atoms with Gasteiger partial charge in [-0.05, 0) is 43.0 Å². The number of nitrogens with zero attached hydrogens (tertiary/aromatic N) is 2. The van der Waals surface area contributed by atoms with Crippen molar-refractivity contribution < 1.29 is 5.11 Å². The van der Waals surface area contributed by atoms with Gasteiger partial charge in [0.1, 0.15) is 0 Å². The highest BCUT2D eigenvalue weighted by Gasteiger charge is 2.19. The molecule has 4 heteroatoms. The highest BCUT2D eigenvalue weighted by Crippen LogP contribution is 2.22. The molecule has 1 aliphatic heterocycles. The number of piperidine rings is 1. The van der Waals surface area contributed by atoms with Crippen LogP contribution in [-0.2, 0) is 6.54 Å². The molecule has 1 aromatic carbocycles. The number of hydrogen-bond donors (Lipinski definition) is 1. The topological polar surface area (TPSA) is 47.3 Å². The van der Waals surface area contributed by atoms with Gasteiger partial charge < -0.3 is 5.11 Å². The Labute approximate surface area is 113 Å². The average Bonchev–Trinajstić information content (AvgIpc) is 2.41. The molecule has 18 heavy (non-hydrogen) atoms. The zero-order chi connectivity index (χ0) is 13.0. The Morgan fingerprint density at radius 3 is 3.00 bits per heavy atom. The van der Waals surface area contributed by atoms with E-state index in [1.54, 1.807) is 12.1 Å². The third kappa shape index (κ3) is 3.23. The number of aliphatic hydroxyl groups excluding tert-OH is 1. The fourth-order valence-corrected chi connectivity index (χ4v) is 2.67. The van der Waals surface area contributed by atoms with Gasteiger partial charge in [0, 0.05) is 24.7 Å². The smallest absolute Gasteiger partial charge is 0.0992 e. The Balaban J connectivity index is 2.03. The molecule has 0 spiro atoms. The molecule has 0 amide bonds. The van der Waals surface area contributed by atoms with Gasteiger partial charge in [-0.15, -0.1) is 0 Å². The summed E-state index contributed by atoms with van der Waals surface area (Å²) in [6.07, 6.45) is 2.23. The number of hydrogen-bond acceptors (Lipinski definition) is 3. The molecule has 1 aromatic rings. The van der Waals surface area contributed by atoms with Gasteiger partial charge in [0.25, 0.3) is 0 Å². The Kier molecular flexibility index (Phi) is 4.60. The van der Waals surface area contributed by atoms with Gasteiger partial charge in [0.15, 0.2) is 0 Å². The first kappa shape index (κ1) is 13.4. The van der Waals surface area contributed by atoms with Crippen LogP contribution in [0.3, 0.4) is 0 Å². The van der Waals surface area contributed by atoms with E-state index >= 15 is 0 Å². The van der Waals surface area contributed by atoms with Crippen molar-refractivity contribution >= 4 is 11.6 Å². The lowest BCUT2D eigenvalue weighted by Crippen LogP contribution is -2.36. The SMILES string of the molecule is N#Cc1ccc(CN2CCCC(CO)C2)c(Cl)c1. The van der Waals surface area contributed by atoms with Crippen LogP contribution in [0.2, 0.25) is 5.02 Å². The van der Waals surface area contributed by atoms with E-state index in [1.165, 1.54) is 0 Å². The summed E-state index contributed by atoms with van der Waals surface area (Å²) < 4.78 is 0. The number of benzene rings is 1. The van der Waals surface area contributed by atoms with Gasteiger partial charge in [-0.3, -0.25) is 4.90 Å². The molecule has 1 N–H and O–H groups in total. The minimum atomic E-state index is 0.262. The molecule has 2 rings (SSSR count). The van der Waals surface area contributed by atoms with Crippen LogP contribution in [0, 0.1) is 17.2 Å². The van der Waals surface area contributed by atoms with E-state index < -0.39 is 0 Å². The normalized spacial score (nSPS) is 20.6. The third-order valence-corrected chi connectivity index (χ3v) is 3.79. The highest BCUT2D eigenvalue weighted by atomic mass is 35.5. The van der Waals surface area contributed by atoms with Crippen LogP contribution in [0.4, 0.5) is 0 Å². The van der Waals surface area contributed by atoms with Gasteiger partial charge in [-0.1, -0.05) is 17.7 Å². The van der Waals surface area contributed by atoms with Gasteiger partial charge in [-0.25, -0.2) is 0 Å².